The lowest BCUT2D eigenvalue weighted by molar-refractivity contribution is 0.340. The van der Waals surface area contributed by atoms with Crippen molar-refractivity contribution in [2.75, 3.05) is 29.9 Å². The number of hydrogen-bond acceptors (Lipinski definition) is 5. The van der Waals surface area contributed by atoms with Gasteiger partial charge in [-0.05, 0) is 44.0 Å². The number of aromatic nitrogens is 2. The Kier molecular flexibility index (Phi) is 4.19. The van der Waals surface area contributed by atoms with Crippen LogP contribution in [0.25, 0.3) is 0 Å². The minimum atomic E-state index is 0.678. The highest BCUT2D eigenvalue weighted by Crippen LogP contribution is 2.22. The summed E-state index contributed by atoms with van der Waals surface area (Å²) < 4.78 is 5.44. The Morgan fingerprint density at radius 2 is 1.90 bits per heavy atom. The number of rotatable bonds is 5. The van der Waals surface area contributed by atoms with Crippen molar-refractivity contribution in [1.82, 2.24) is 9.97 Å². The van der Waals surface area contributed by atoms with Gasteiger partial charge in [0.15, 0.2) is 0 Å². The van der Waals surface area contributed by atoms with Crippen molar-refractivity contribution in [2.24, 2.45) is 0 Å². The second kappa shape index (κ2) is 6.43. The molecule has 0 radical (unpaired) electrons. The third kappa shape index (κ3) is 3.42. The maximum absolute atomic E-state index is 5.44. The van der Waals surface area contributed by atoms with Crippen LogP contribution < -0.4 is 15.0 Å². The Bertz CT molecular complexity index is 579. The third-order valence-corrected chi connectivity index (χ3v) is 3.52. The monoisotopic (exact) mass is 284 g/mol. The summed E-state index contributed by atoms with van der Waals surface area (Å²) in [6.45, 7) is 4.82. The summed E-state index contributed by atoms with van der Waals surface area (Å²) >= 11 is 0. The second-order valence-corrected chi connectivity index (χ2v) is 5.04. The predicted molar refractivity (Wildman–Crippen MR) is 84.4 cm³/mol. The van der Waals surface area contributed by atoms with Crippen molar-refractivity contribution >= 4 is 17.3 Å². The first kappa shape index (κ1) is 13.7. The molecule has 1 fully saturated rings. The van der Waals surface area contributed by atoms with Gasteiger partial charge in [0.25, 0.3) is 0 Å². The van der Waals surface area contributed by atoms with Crippen molar-refractivity contribution in [1.29, 1.82) is 0 Å². The molecular formula is C16H20N4O. The highest BCUT2D eigenvalue weighted by atomic mass is 16.5. The fourth-order valence-corrected chi connectivity index (χ4v) is 2.48. The number of nitrogens with zero attached hydrogens (tertiary/aromatic N) is 3. The third-order valence-electron chi connectivity index (χ3n) is 3.52. The first-order valence-corrected chi connectivity index (χ1v) is 7.42. The van der Waals surface area contributed by atoms with Gasteiger partial charge in [-0.25, -0.2) is 9.97 Å². The molecule has 2 heterocycles. The molecule has 1 saturated heterocycles. The van der Waals surface area contributed by atoms with Crippen LogP contribution in [0.5, 0.6) is 5.75 Å². The van der Waals surface area contributed by atoms with Crippen molar-refractivity contribution in [3.63, 3.8) is 0 Å². The second-order valence-electron chi connectivity index (χ2n) is 5.04. The van der Waals surface area contributed by atoms with E-state index in [-0.39, 0.29) is 0 Å². The zero-order chi connectivity index (χ0) is 14.5. The molecule has 0 atom stereocenters. The van der Waals surface area contributed by atoms with E-state index in [0.29, 0.717) is 6.61 Å². The summed E-state index contributed by atoms with van der Waals surface area (Å²) in [5.74, 6) is 2.69. The van der Waals surface area contributed by atoms with E-state index in [1.807, 2.05) is 37.3 Å². The van der Waals surface area contributed by atoms with Crippen molar-refractivity contribution in [3.8, 4) is 5.75 Å². The summed E-state index contributed by atoms with van der Waals surface area (Å²) in [5.41, 5.74) is 0.990. The van der Waals surface area contributed by atoms with Gasteiger partial charge in [-0.1, -0.05) is 0 Å². The van der Waals surface area contributed by atoms with Crippen LogP contribution >= 0.6 is 0 Å². The van der Waals surface area contributed by atoms with Gasteiger partial charge in [-0.15, -0.1) is 0 Å². The molecule has 0 spiro atoms. The average Bonchev–Trinajstić information content (AvgIpc) is 3.04. The average molecular weight is 284 g/mol. The van der Waals surface area contributed by atoms with Crippen LogP contribution in [0, 0.1) is 0 Å². The lowest BCUT2D eigenvalue weighted by Crippen LogP contribution is -2.19. The van der Waals surface area contributed by atoms with Crippen molar-refractivity contribution < 1.29 is 4.74 Å². The van der Waals surface area contributed by atoms with Crippen LogP contribution in [0.2, 0.25) is 0 Å². The van der Waals surface area contributed by atoms with Gasteiger partial charge in [0, 0.05) is 24.8 Å². The summed E-state index contributed by atoms with van der Waals surface area (Å²) in [7, 11) is 0. The first-order chi connectivity index (χ1) is 10.3. The van der Waals surface area contributed by atoms with E-state index in [4.69, 9.17) is 4.74 Å². The molecule has 1 aliphatic rings. The Morgan fingerprint density at radius 3 is 2.62 bits per heavy atom. The lowest BCUT2D eigenvalue weighted by Gasteiger charge is -2.16. The fourth-order valence-electron chi connectivity index (χ4n) is 2.48. The minimum Gasteiger partial charge on any atom is -0.494 e. The van der Waals surface area contributed by atoms with E-state index >= 15 is 0 Å². The molecule has 1 N–H and O–H groups in total. The SMILES string of the molecule is CCOc1ccc(Nc2cc(N3CCCC3)ncn2)cc1. The largest absolute Gasteiger partial charge is 0.494 e. The number of benzene rings is 1. The quantitative estimate of drug-likeness (QED) is 0.913. The molecule has 1 aromatic heterocycles. The summed E-state index contributed by atoms with van der Waals surface area (Å²) in [6.07, 6.45) is 4.10. The first-order valence-electron chi connectivity index (χ1n) is 7.42. The minimum absolute atomic E-state index is 0.678. The van der Waals surface area contributed by atoms with Crippen LogP contribution in [-0.4, -0.2) is 29.7 Å². The standard InChI is InChI=1S/C16H20N4O/c1-2-21-14-7-5-13(6-8-14)19-15-11-16(18-12-17-15)20-9-3-4-10-20/h5-8,11-12H,2-4,9-10H2,1H3,(H,17,18,19). The van der Waals surface area contributed by atoms with Gasteiger partial charge in [-0.2, -0.15) is 0 Å². The van der Waals surface area contributed by atoms with Gasteiger partial charge in [0.2, 0.25) is 0 Å². The maximum atomic E-state index is 5.44. The highest BCUT2D eigenvalue weighted by molar-refractivity contribution is 5.60. The molecule has 5 nitrogen and oxygen atoms in total. The van der Waals surface area contributed by atoms with E-state index in [9.17, 15) is 0 Å². The zero-order valence-electron chi connectivity index (χ0n) is 12.2. The molecule has 0 aliphatic carbocycles. The van der Waals surface area contributed by atoms with E-state index in [1.165, 1.54) is 12.8 Å². The molecular weight excluding hydrogens is 264 g/mol. The molecule has 110 valence electrons. The highest BCUT2D eigenvalue weighted by Gasteiger charge is 2.13. The van der Waals surface area contributed by atoms with E-state index in [2.05, 4.69) is 20.2 Å². The van der Waals surface area contributed by atoms with E-state index in [1.54, 1.807) is 6.33 Å². The summed E-state index contributed by atoms with van der Waals surface area (Å²) in [4.78, 5) is 10.9. The smallest absolute Gasteiger partial charge is 0.135 e. The van der Waals surface area contributed by atoms with Crippen molar-refractivity contribution in [3.05, 3.63) is 36.7 Å². The van der Waals surface area contributed by atoms with Crippen LogP contribution in [0.15, 0.2) is 36.7 Å². The maximum Gasteiger partial charge on any atom is 0.135 e. The molecule has 1 aliphatic heterocycles. The van der Waals surface area contributed by atoms with Gasteiger partial charge in [-0.3, -0.25) is 0 Å². The molecule has 5 heteroatoms. The number of hydrogen-bond donors (Lipinski definition) is 1. The van der Waals surface area contributed by atoms with Crippen LogP contribution in [0.4, 0.5) is 17.3 Å². The van der Waals surface area contributed by atoms with E-state index in [0.717, 1.165) is 36.2 Å². The fraction of sp³-hybridized carbons (Fsp3) is 0.375. The molecule has 3 rings (SSSR count). The van der Waals surface area contributed by atoms with Crippen LogP contribution in [0.1, 0.15) is 19.8 Å². The zero-order valence-corrected chi connectivity index (χ0v) is 12.2. The molecule has 2 aromatic rings. The molecule has 21 heavy (non-hydrogen) atoms. The van der Waals surface area contributed by atoms with Crippen LogP contribution in [-0.2, 0) is 0 Å². The molecule has 1 aromatic carbocycles. The van der Waals surface area contributed by atoms with Crippen LogP contribution in [0.3, 0.4) is 0 Å². The topological polar surface area (TPSA) is 50.3 Å². The predicted octanol–water partition coefficient (Wildman–Crippen LogP) is 3.22. The number of nitrogens with one attached hydrogen (secondary N) is 1. The molecule has 0 unspecified atom stereocenters. The van der Waals surface area contributed by atoms with E-state index < -0.39 is 0 Å². The Morgan fingerprint density at radius 1 is 1.14 bits per heavy atom. The van der Waals surface area contributed by atoms with Gasteiger partial charge in [0.05, 0.1) is 6.61 Å². The lowest BCUT2D eigenvalue weighted by atomic mass is 10.3. The van der Waals surface area contributed by atoms with Crippen molar-refractivity contribution in [2.45, 2.75) is 19.8 Å². The molecule has 0 saturated carbocycles. The number of anilines is 3. The normalized spacial score (nSPS) is 14.2. The Balaban J connectivity index is 1.70. The number of ether oxygens (including phenoxy) is 1. The molecule has 0 bridgehead atoms. The van der Waals surface area contributed by atoms with Gasteiger partial charge < -0.3 is 15.0 Å². The Labute approximate surface area is 125 Å². The van der Waals surface area contributed by atoms with Gasteiger partial charge >= 0.3 is 0 Å². The Hall–Kier alpha value is -2.30. The van der Waals surface area contributed by atoms with Gasteiger partial charge in [0.1, 0.15) is 23.7 Å². The summed E-state index contributed by atoms with van der Waals surface area (Å²) in [5, 5.41) is 3.30. The summed E-state index contributed by atoms with van der Waals surface area (Å²) in [6, 6.07) is 9.88. The molecule has 0 amide bonds.